The molecule has 0 bridgehead atoms. The minimum absolute atomic E-state index is 0.0239. The van der Waals surface area contributed by atoms with Crippen LogP contribution in [0.1, 0.15) is 16.8 Å². The quantitative estimate of drug-likeness (QED) is 0.691. The second-order valence-electron chi connectivity index (χ2n) is 5.95. The Labute approximate surface area is 165 Å². The first-order valence-electron chi connectivity index (χ1n) is 8.69. The minimum atomic E-state index is -1.30. The van der Waals surface area contributed by atoms with Gasteiger partial charge < -0.3 is 19.1 Å². The standard InChI is InChI=1S/C20H16F2N2O5/c21-14-3-1-4-15(22)19(14)20(26)29-12-18(25)24(8-2-7-23)13-5-6-16-17(11-13)28-10-9-27-16/h1,3-6,11H,2,8-10,12H2. The molecule has 0 saturated heterocycles. The highest BCUT2D eigenvalue weighted by Crippen LogP contribution is 2.34. The van der Waals surface area contributed by atoms with E-state index < -0.39 is 35.7 Å². The van der Waals surface area contributed by atoms with E-state index in [1.54, 1.807) is 18.2 Å². The highest BCUT2D eigenvalue weighted by molar-refractivity contribution is 5.97. The van der Waals surface area contributed by atoms with Crippen LogP contribution in [0.25, 0.3) is 0 Å². The number of hydrogen-bond acceptors (Lipinski definition) is 6. The Bertz CT molecular complexity index is 954. The van der Waals surface area contributed by atoms with Crippen LogP contribution >= 0.6 is 0 Å². The fraction of sp³-hybridized carbons (Fsp3) is 0.250. The number of ether oxygens (including phenoxy) is 3. The first kappa shape index (κ1) is 20.1. The van der Waals surface area contributed by atoms with Gasteiger partial charge in [0.25, 0.3) is 5.91 Å². The number of fused-ring (bicyclic) bond motifs is 1. The number of rotatable bonds is 6. The number of carbonyl (C=O) groups is 2. The number of nitrogens with zero attached hydrogens (tertiary/aromatic N) is 2. The minimum Gasteiger partial charge on any atom is -0.486 e. The number of nitriles is 1. The molecule has 2 aromatic rings. The zero-order valence-electron chi connectivity index (χ0n) is 15.2. The highest BCUT2D eigenvalue weighted by atomic mass is 19.1. The molecule has 1 amide bonds. The van der Waals surface area contributed by atoms with Crippen molar-refractivity contribution in [3.05, 3.63) is 53.6 Å². The maximum Gasteiger partial charge on any atom is 0.344 e. The highest BCUT2D eigenvalue weighted by Gasteiger charge is 2.23. The molecule has 0 unspecified atom stereocenters. The van der Waals surface area contributed by atoms with E-state index in [9.17, 15) is 18.4 Å². The lowest BCUT2D eigenvalue weighted by atomic mass is 10.2. The molecule has 0 aliphatic carbocycles. The maximum absolute atomic E-state index is 13.7. The van der Waals surface area contributed by atoms with Crippen LogP contribution in [0.4, 0.5) is 14.5 Å². The third kappa shape index (κ3) is 4.60. The van der Waals surface area contributed by atoms with Crippen molar-refractivity contribution in [1.82, 2.24) is 0 Å². The van der Waals surface area contributed by atoms with Crippen LogP contribution in [0.15, 0.2) is 36.4 Å². The van der Waals surface area contributed by atoms with Gasteiger partial charge in [-0.2, -0.15) is 5.26 Å². The maximum atomic E-state index is 13.7. The summed E-state index contributed by atoms with van der Waals surface area (Å²) in [7, 11) is 0. The molecule has 0 saturated carbocycles. The molecule has 1 heterocycles. The molecule has 0 N–H and O–H groups in total. The Kier molecular flexibility index (Phi) is 6.24. The molecular formula is C20H16F2N2O5. The van der Waals surface area contributed by atoms with Gasteiger partial charge in [-0.1, -0.05) is 6.07 Å². The van der Waals surface area contributed by atoms with Gasteiger partial charge in [-0.15, -0.1) is 0 Å². The Morgan fingerprint density at radius 3 is 2.48 bits per heavy atom. The lowest BCUT2D eigenvalue weighted by molar-refractivity contribution is -0.121. The van der Waals surface area contributed by atoms with Crippen LogP contribution in [0.5, 0.6) is 11.5 Å². The summed E-state index contributed by atoms with van der Waals surface area (Å²) in [6.07, 6.45) is 0.0239. The second-order valence-corrected chi connectivity index (χ2v) is 5.95. The molecule has 0 radical (unpaired) electrons. The first-order valence-corrected chi connectivity index (χ1v) is 8.69. The molecule has 0 fully saturated rings. The smallest absolute Gasteiger partial charge is 0.344 e. The molecule has 2 aromatic carbocycles. The summed E-state index contributed by atoms with van der Waals surface area (Å²) in [6.45, 7) is 0.0352. The molecule has 9 heteroatoms. The Hall–Kier alpha value is -3.67. The van der Waals surface area contributed by atoms with Crippen LogP contribution in [-0.2, 0) is 9.53 Å². The zero-order valence-corrected chi connectivity index (χ0v) is 15.2. The van der Waals surface area contributed by atoms with E-state index in [2.05, 4.69) is 0 Å². The summed E-state index contributed by atoms with van der Waals surface area (Å²) in [5.41, 5.74) is -0.467. The van der Waals surface area contributed by atoms with E-state index in [0.717, 1.165) is 18.2 Å². The molecule has 150 valence electrons. The summed E-state index contributed by atoms with van der Waals surface area (Å²) < 4.78 is 43.1. The van der Waals surface area contributed by atoms with E-state index >= 15 is 0 Å². The van der Waals surface area contributed by atoms with E-state index in [-0.39, 0.29) is 13.0 Å². The van der Waals surface area contributed by atoms with Gasteiger partial charge in [0.2, 0.25) is 0 Å². The van der Waals surface area contributed by atoms with Crippen molar-refractivity contribution in [2.75, 3.05) is 31.3 Å². The summed E-state index contributed by atoms with van der Waals surface area (Å²) in [6, 6.07) is 9.66. The van der Waals surface area contributed by atoms with Crippen molar-refractivity contribution < 1.29 is 32.6 Å². The van der Waals surface area contributed by atoms with Crippen molar-refractivity contribution in [3.63, 3.8) is 0 Å². The average molecular weight is 402 g/mol. The number of anilines is 1. The molecule has 29 heavy (non-hydrogen) atoms. The van der Waals surface area contributed by atoms with Crippen molar-refractivity contribution >= 4 is 17.6 Å². The number of amides is 1. The van der Waals surface area contributed by atoms with Crippen molar-refractivity contribution in [2.45, 2.75) is 6.42 Å². The zero-order chi connectivity index (χ0) is 20.8. The van der Waals surface area contributed by atoms with Gasteiger partial charge in [-0.05, 0) is 24.3 Å². The Morgan fingerprint density at radius 2 is 1.79 bits per heavy atom. The van der Waals surface area contributed by atoms with E-state index in [1.165, 1.54) is 4.90 Å². The molecule has 0 aromatic heterocycles. The third-order valence-corrected chi connectivity index (χ3v) is 4.08. The molecular weight excluding hydrogens is 386 g/mol. The predicted molar refractivity (Wildman–Crippen MR) is 96.7 cm³/mol. The molecule has 3 rings (SSSR count). The van der Waals surface area contributed by atoms with Gasteiger partial charge in [0.1, 0.15) is 30.4 Å². The lowest BCUT2D eigenvalue weighted by Crippen LogP contribution is -2.35. The van der Waals surface area contributed by atoms with Gasteiger partial charge in [0.05, 0.1) is 12.5 Å². The molecule has 0 spiro atoms. The van der Waals surface area contributed by atoms with Crippen LogP contribution in [0, 0.1) is 23.0 Å². The predicted octanol–water partition coefficient (Wildman–Crippen LogP) is 2.84. The monoisotopic (exact) mass is 402 g/mol. The largest absolute Gasteiger partial charge is 0.486 e. The molecule has 0 atom stereocenters. The third-order valence-electron chi connectivity index (χ3n) is 4.08. The van der Waals surface area contributed by atoms with Crippen molar-refractivity contribution in [2.24, 2.45) is 0 Å². The fourth-order valence-electron chi connectivity index (χ4n) is 2.73. The van der Waals surface area contributed by atoms with Crippen LogP contribution in [0.3, 0.4) is 0 Å². The van der Waals surface area contributed by atoms with Crippen LogP contribution in [0.2, 0.25) is 0 Å². The lowest BCUT2D eigenvalue weighted by Gasteiger charge is -2.24. The van der Waals surface area contributed by atoms with E-state index in [0.29, 0.717) is 30.4 Å². The Morgan fingerprint density at radius 1 is 1.10 bits per heavy atom. The molecule has 1 aliphatic rings. The van der Waals surface area contributed by atoms with Crippen molar-refractivity contribution in [3.8, 4) is 17.6 Å². The van der Waals surface area contributed by atoms with E-state index in [4.69, 9.17) is 19.5 Å². The second kappa shape index (κ2) is 9.01. The first-order chi connectivity index (χ1) is 14.0. The Balaban J connectivity index is 1.74. The summed E-state index contributed by atoms with van der Waals surface area (Å²) in [4.78, 5) is 25.8. The topological polar surface area (TPSA) is 88.9 Å². The van der Waals surface area contributed by atoms with E-state index in [1.807, 2.05) is 6.07 Å². The summed E-state index contributed by atoms with van der Waals surface area (Å²) in [5.74, 6) is -3.17. The molecule has 7 nitrogen and oxygen atoms in total. The van der Waals surface area contributed by atoms with Crippen LogP contribution < -0.4 is 14.4 Å². The van der Waals surface area contributed by atoms with Gasteiger partial charge in [-0.25, -0.2) is 13.6 Å². The van der Waals surface area contributed by atoms with Gasteiger partial charge in [-0.3, -0.25) is 4.79 Å². The average Bonchev–Trinajstić information content (AvgIpc) is 2.72. The summed E-state index contributed by atoms with van der Waals surface area (Å²) >= 11 is 0. The number of esters is 1. The normalized spacial score (nSPS) is 12.0. The summed E-state index contributed by atoms with van der Waals surface area (Å²) in [5, 5.41) is 8.86. The van der Waals surface area contributed by atoms with Gasteiger partial charge in [0, 0.05) is 18.3 Å². The number of benzene rings is 2. The number of carbonyl (C=O) groups excluding carboxylic acids is 2. The van der Waals surface area contributed by atoms with Gasteiger partial charge >= 0.3 is 5.97 Å². The SMILES string of the molecule is N#CCCN(C(=O)COC(=O)c1c(F)cccc1F)c1ccc2c(c1)OCCO2. The van der Waals surface area contributed by atoms with Gasteiger partial charge in [0.15, 0.2) is 18.1 Å². The number of halogens is 2. The fourth-order valence-corrected chi connectivity index (χ4v) is 2.73. The van der Waals surface area contributed by atoms with Crippen molar-refractivity contribution in [1.29, 1.82) is 5.26 Å². The van der Waals surface area contributed by atoms with Crippen LogP contribution in [-0.4, -0.2) is 38.2 Å². The number of hydrogen-bond donors (Lipinski definition) is 0. The molecule has 1 aliphatic heterocycles.